The summed E-state index contributed by atoms with van der Waals surface area (Å²) >= 11 is 0. The molecule has 5 aliphatic rings. The zero-order valence-electron chi connectivity index (χ0n) is 26.0. The van der Waals surface area contributed by atoms with E-state index in [1.54, 1.807) is 0 Å². The van der Waals surface area contributed by atoms with Crippen molar-refractivity contribution in [3.8, 4) is 0 Å². The fourth-order valence-electron chi connectivity index (χ4n) is 9.48. The largest absolute Gasteiger partial charge is 0.277 e. The van der Waals surface area contributed by atoms with Crippen LogP contribution in [0.15, 0.2) is 60.7 Å². The zero-order chi connectivity index (χ0) is 30.6. The molecule has 3 fully saturated rings. The molecule has 2 aromatic carbocycles. The summed E-state index contributed by atoms with van der Waals surface area (Å²) in [6.45, 7) is 15.4. The Labute approximate surface area is 249 Å². The van der Waals surface area contributed by atoms with Crippen LogP contribution in [0, 0.1) is 34.5 Å². The van der Waals surface area contributed by atoms with Gasteiger partial charge >= 0.3 is 0 Å². The van der Waals surface area contributed by atoms with E-state index in [0.717, 1.165) is 22.3 Å². The van der Waals surface area contributed by atoms with Crippen molar-refractivity contribution >= 4 is 34.8 Å². The molecule has 2 bridgehead atoms. The van der Waals surface area contributed by atoms with Crippen molar-refractivity contribution in [2.24, 2.45) is 34.5 Å². The number of amides is 4. The van der Waals surface area contributed by atoms with Gasteiger partial charge in [-0.25, -0.2) is 0 Å². The van der Waals surface area contributed by atoms with Crippen LogP contribution < -0.4 is 0 Å². The molecule has 220 valence electrons. The lowest BCUT2D eigenvalue weighted by atomic mass is 9.34. The average Bonchev–Trinajstić information content (AvgIpc) is 3.40. The summed E-state index contributed by atoms with van der Waals surface area (Å²) in [6.07, 6.45) is 0.896. The van der Waals surface area contributed by atoms with Gasteiger partial charge in [0.2, 0.25) is 23.6 Å². The smallest absolute Gasteiger partial charge is 0.234 e. The highest BCUT2D eigenvalue weighted by atomic mass is 16.2. The highest BCUT2D eigenvalue weighted by Gasteiger charge is 2.82. The number of allylic oxidation sites excluding steroid dienone is 2. The maximum absolute atomic E-state index is 14.8. The molecule has 4 amide bonds. The van der Waals surface area contributed by atoms with Gasteiger partial charge in [0.25, 0.3) is 0 Å². The van der Waals surface area contributed by atoms with Gasteiger partial charge in [-0.3, -0.25) is 29.0 Å². The lowest BCUT2D eigenvalue weighted by Crippen LogP contribution is -2.65. The van der Waals surface area contributed by atoms with Gasteiger partial charge in [0.1, 0.15) is 0 Å². The Hall–Kier alpha value is -3.54. The minimum Gasteiger partial charge on any atom is -0.277 e. The third-order valence-corrected chi connectivity index (χ3v) is 10.6. The van der Waals surface area contributed by atoms with Crippen LogP contribution in [0.5, 0.6) is 0 Å². The first-order valence-corrected chi connectivity index (χ1v) is 15.3. The van der Waals surface area contributed by atoms with E-state index < -0.39 is 45.6 Å². The maximum Gasteiger partial charge on any atom is 0.234 e. The third-order valence-electron chi connectivity index (χ3n) is 10.6. The van der Waals surface area contributed by atoms with Gasteiger partial charge in [-0.05, 0) is 76.7 Å². The number of likely N-dealkylation sites (tertiary alicyclic amines) is 2. The summed E-state index contributed by atoms with van der Waals surface area (Å²) in [4.78, 5) is 61.9. The zero-order valence-corrected chi connectivity index (χ0v) is 26.0. The van der Waals surface area contributed by atoms with Gasteiger partial charge < -0.3 is 0 Å². The summed E-state index contributed by atoms with van der Waals surface area (Å²) in [5, 5.41) is 0. The molecule has 6 nitrogen and oxygen atoms in total. The second-order valence-corrected chi connectivity index (χ2v) is 14.5. The molecular formula is C36H42N2O4. The Morgan fingerprint density at radius 3 is 1.00 bits per heavy atom. The molecule has 42 heavy (non-hydrogen) atoms. The molecule has 0 radical (unpaired) electrons. The molecule has 2 saturated heterocycles. The Morgan fingerprint density at radius 1 is 0.524 bits per heavy atom. The standard InChI is InChI=1S/C36H42N2O4/c1-9-35-23(21-17-13-11-14-18-21)24(22-19-15-12-16-20-22)36(10-2,27-25(35)29(39)37(31(27)41)33(3,4)5)28-26(35)30(40)38(32(28)42)34(6,7)8/h11-20,25-28H,9-10H2,1-8H3/t25-,26-,27-,28-,35?,36?/m1/s1. The van der Waals surface area contributed by atoms with Crippen molar-refractivity contribution in [1.29, 1.82) is 0 Å². The molecule has 0 aromatic heterocycles. The van der Waals surface area contributed by atoms with Crippen LogP contribution in [0.1, 0.15) is 79.4 Å². The van der Waals surface area contributed by atoms with Crippen molar-refractivity contribution in [3.63, 3.8) is 0 Å². The Bertz CT molecular complexity index is 1370. The average molecular weight is 567 g/mol. The van der Waals surface area contributed by atoms with E-state index in [1.807, 2.05) is 91.8 Å². The fraction of sp³-hybridized carbons (Fsp3) is 0.500. The lowest BCUT2D eigenvalue weighted by Gasteiger charge is -2.64. The van der Waals surface area contributed by atoms with E-state index in [-0.39, 0.29) is 23.6 Å². The predicted molar refractivity (Wildman–Crippen MR) is 162 cm³/mol. The van der Waals surface area contributed by atoms with E-state index in [9.17, 15) is 19.2 Å². The first-order chi connectivity index (χ1) is 19.7. The molecule has 0 N–H and O–H groups in total. The second-order valence-electron chi connectivity index (χ2n) is 14.5. The SMILES string of the molecule is CCC12C(c3ccccc3)=C(c3ccccc3)C(CC)([C@H]3C(=O)N(C(C)(C)C)C(=O)[C@@H]31)[C@H]1C(=O)N(C(C)(C)C)C(=O)[C@@H]12. The van der Waals surface area contributed by atoms with Crippen LogP contribution in [-0.4, -0.2) is 44.5 Å². The van der Waals surface area contributed by atoms with Crippen molar-refractivity contribution in [1.82, 2.24) is 9.80 Å². The monoisotopic (exact) mass is 566 g/mol. The van der Waals surface area contributed by atoms with Gasteiger partial charge in [0.05, 0.1) is 23.7 Å². The van der Waals surface area contributed by atoms with Crippen LogP contribution >= 0.6 is 0 Å². The minimum absolute atomic E-state index is 0.217. The van der Waals surface area contributed by atoms with Crippen molar-refractivity contribution in [2.75, 3.05) is 0 Å². The van der Waals surface area contributed by atoms with Crippen LogP contribution in [0.4, 0.5) is 0 Å². The summed E-state index contributed by atoms with van der Waals surface area (Å²) in [7, 11) is 0. The quantitative estimate of drug-likeness (QED) is 0.412. The number of imide groups is 2. The number of nitrogens with zero attached hydrogens (tertiary/aromatic N) is 2. The number of hydrogen-bond acceptors (Lipinski definition) is 4. The molecule has 2 heterocycles. The molecule has 0 spiro atoms. The highest BCUT2D eigenvalue weighted by molar-refractivity contribution is 6.19. The molecule has 3 aliphatic carbocycles. The van der Waals surface area contributed by atoms with E-state index >= 15 is 0 Å². The van der Waals surface area contributed by atoms with Crippen LogP contribution in [-0.2, 0) is 19.2 Å². The number of benzene rings is 2. The molecule has 7 rings (SSSR count). The molecular weight excluding hydrogens is 524 g/mol. The van der Waals surface area contributed by atoms with Gasteiger partial charge in [0.15, 0.2) is 0 Å². The van der Waals surface area contributed by atoms with Crippen molar-refractivity contribution in [2.45, 2.75) is 79.3 Å². The maximum atomic E-state index is 14.8. The Kier molecular flexibility index (Phi) is 6.11. The minimum atomic E-state index is -1.04. The lowest BCUT2D eigenvalue weighted by molar-refractivity contribution is -0.156. The second kappa shape index (κ2) is 8.98. The van der Waals surface area contributed by atoms with Crippen molar-refractivity contribution < 1.29 is 19.2 Å². The van der Waals surface area contributed by atoms with Crippen molar-refractivity contribution in [3.05, 3.63) is 71.8 Å². The summed E-state index contributed by atoms with van der Waals surface area (Å²) in [5.41, 5.74) is 0.222. The third kappa shape index (κ3) is 3.27. The molecule has 2 aromatic rings. The van der Waals surface area contributed by atoms with Crippen LogP contribution in [0.25, 0.3) is 11.1 Å². The van der Waals surface area contributed by atoms with Crippen LogP contribution in [0.2, 0.25) is 0 Å². The molecule has 4 atom stereocenters. The number of hydrogen-bond donors (Lipinski definition) is 0. The number of carbonyl (C=O) groups is 4. The summed E-state index contributed by atoms with van der Waals surface area (Å²) < 4.78 is 0. The molecule has 1 saturated carbocycles. The normalized spacial score (nSPS) is 32.7. The Balaban J connectivity index is 1.83. The van der Waals surface area contributed by atoms with Gasteiger partial charge in [-0.2, -0.15) is 0 Å². The highest BCUT2D eigenvalue weighted by Crippen LogP contribution is 2.78. The van der Waals surface area contributed by atoms with E-state index in [4.69, 9.17) is 0 Å². The predicted octanol–water partition coefficient (Wildman–Crippen LogP) is 6.22. The number of carbonyl (C=O) groups excluding carboxylic acids is 4. The molecule has 6 heteroatoms. The van der Waals surface area contributed by atoms with Crippen LogP contribution in [0.3, 0.4) is 0 Å². The first-order valence-electron chi connectivity index (χ1n) is 15.3. The van der Waals surface area contributed by atoms with Gasteiger partial charge in [-0.15, -0.1) is 0 Å². The summed E-state index contributed by atoms with van der Waals surface area (Å²) in [5.74, 6) is -3.83. The molecule has 0 unspecified atom stereocenters. The summed E-state index contributed by atoms with van der Waals surface area (Å²) in [6, 6.07) is 20.1. The van der Waals surface area contributed by atoms with Gasteiger partial charge in [-0.1, -0.05) is 74.5 Å². The first kappa shape index (κ1) is 28.6. The Morgan fingerprint density at radius 2 is 0.786 bits per heavy atom. The topological polar surface area (TPSA) is 74.8 Å². The molecule has 2 aliphatic heterocycles. The van der Waals surface area contributed by atoms with E-state index in [2.05, 4.69) is 24.3 Å². The number of rotatable bonds is 4. The van der Waals surface area contributed by atoms with E-state index in [0.29, 0.717) is 12.8 Å². The fourth-order valence-corrected chi connectivity index (χ4v) is 9.48. The van der Waals surface area contributed by atoms with Gasteiger partial charge in [0, 0.05) is 21.9 Å². The van der Waals surface area contributed by atoms with E-state index in [1.165, 1.54) is 9.80 Å².